The molecule has 0 aliphatic rings. The molecule has 0 spiro atoms. The van der Waals surface area contributed by atoms with Gasteiger partial charge in [-0.25, -0.2) is 0 Å². The first kappa shape index (κ1) is 40.2. The summed E-state index contributed by atoms with van der Waals surface area (Å²) in [4.78, 5) is 0. The molecule has 0 N–H and O–H groups in total. The van der Waals surface area contributed by atoms with Gasteiger partial charge in [-0.15, -0.1) is 0 Å². The van der Waals surface area contributed by atoms with E-state index in [1.165, 1.54) is 39.4 Å². The number of hydrogen-bond donors (Lipinski definition) is 0. The minimum Gasteiger partial charge on any atom is -0.308 e. The number of benzene rings is 8. The highest BCUT2D eigenvalue weighted by Crippen LogP contribution is 2.43. The molecule has 0 radical (unpaired) electrons. The molecule has 7 heteroatoms. The molecule has 0 unspecified atom stereocenters. The fourth-order valence-corrected chi connectivity index (χ4v) is 10.3. The zero-order chi connectivity index (χ0) is 44.8. The minimum absolute atomic E-state index is 0.116. The number of aryl methyl sites for hydroxylation is 6. The van der Waals surface area contributed by atoms with Crippen LogP contribution in [0.4, 0.5) is 13.2 Å². The maximum Gasteiger partial charge on any atom is 0.416 e. The van der Waals surface area contributed by atoms with Crippen LogP contribution in [0.3, 0.4) is 0 Å². The summed E-state index contributed by atoms with van der Waals surface area (Å²) >= 11 is 0. The van der Waals surface area contributed by atoms with Gasteiger partial charge in [0.2, 0.25) is 0 Å². The summed E-state index contributed by atoms with van der Waals surface area (Å²) in [5, 5.41) is 25.3. The van der Waals surface area contributed by atoms with Crippen LogP contribution in [0.5, 0.6) is 0 Å². The third-order valence-corrected chi connectivity index (χ3v) is 12.7. The van der Waals surface area contributed by atoms with Gasteiger partial charge in [-0.2, -0.15) is 23.7 Å². The average Bonchev–Trinajstić information content (AvgIpc) is 3.77. The van der Waals surface area contributed by atoms with E-state index in [0.29, 0.717) is 22.5 Å². The standard InChI is InChI=1S/C57H41F3N4/c1-32-19-34(3)55(35(4)20-32)39-15-17-51-46(26-39)44-11-7-9-13-49(44)63(51)53-28-42(41-23-38(30-61)24-43(25-41)57(58,59)60)29-54(48(53)31-62)64-50-14-10-8-12-45(50)47-27-40(16-18-52(47)64)56-36(5)21-33(2)22-37(56)6/h7-29H,1-6H3. The summed E-state index contributed by atoms with van der Waals surface area (Å²) in [5.74, 6) is 0. The lowest BCUT2D eigenvalue weighted by molar-refractivity contribution is -0.137. The largest absolute Gasteiger partial charge is 0.416 e. The van der Waals surface area contributed by atoms with E-state index in [0.717, 1.165) is 78.0 Å². The fourth-order valence-electron chi connectivity index (χ4n) is 10.3. The van der Waals surface area contributed by atoms with Gasteiger partial charge in [0.15, 0.2) is 0 Å². The van der Waals surface area contributed by atoms with Crippen LogP contribution in [0.2, 0.25) is 0 Å². The summed E-state index contributed by atoms with van der Waals surface area (Å²) in [6.45, 7) is 12.7. The van der Waals surface area contributed by atoms with E-state index in [1.807, 2.05) is 42.5 Å². The first-order valence-corrected chi connectivity index (χ1v) is 21.2. The third-order valence-electron chi connectivity index (χ3n) is 12.7. The van der Waals surface area contributed by atoms with Gasteiger partial charge in [0, 0.05) is 21.5 Å². The number of rotatable bonds is 5. The molecule has 2 heterocycles. The average molecular weight is 839 g/mol. The number of alkyl halides is 3. The number of nitrogens with zero attached hydrogens (tertiary/aromatic N) is 4. The Morgan fingerprint density at radius 2 is 0.844 bits per heavy atom. The van der Waals surface area contributed by atoms with Gasteiger partial charge in [-0.1, -0.05) is 83.9 Å². The smallest absolute Gasteiger partial charge is 0.308 e. The van der Waals surface area contributed by atoms with E-state index < -0.39 is 11.7 Å². The molecule has 0 fully saturated rings. The quantitative estimate of drug-likeness (QED) is 0.173. The van der Waals surface area contributed by atoms with Crippen molar-refractivity contribution in [1.82, 2.24) is 9.13 Å². The molecule has 0 saturated heterocycles. The second-order valence-electron chi connectivity index (χ2n) is 17.1. The molecule has 0 bridgehead atoms. The molecule has 0 amide bonds. The number of hydrogen-bond acceptors (Lipinski definition) is 2. The van der Waals surface area contributed by atoms with Crippen molar-refractivity contribution in [2.24, 2.45) is 0 Å². The van der Waals surface area contributed by atoms with E-state index in [4.69, 9.17) is 0 Å². The molecule has 4 nitrogen and oxygen atoms in total. The number of para-hydroxylation sites is 2. The lowest BCUT2D eigenvalue weighted by atomic mass is 9.93. The van der Waals surface area contributed by atoms with Gasteiger partial charge in [0.25, 0.3) is 0 Å². The van der Waals surface area contributed by atoms with Crippen LogP contribution in [0.25, 0.3) is 88.4 Å². The Balaban J connectivity index is 1.32. The van der Waals surface area contributed by atoms with Crippen LogP contribution in [-0.2, 0) is 6.18 Å². The molecule has 8 aromatic carbocycles. The topological polar surface area (TPSA) is 57.4 Å². The monoisotopic (exact) mass is 838 g/mol. The molecule has 10 aromatic rings. The predicted octanol–water partition coefficient (Wildman–Crippen LogP) is 15.5. The summed E-state index contributed by atoms with van der Waals surface area (Å²) in [6.07, 6.45) is -4.70. The molecule has 10 rings (SSSR count). The van der Waals surface area contributed by atoms with Gasteiger partial charge in [0.1, 0.15) is 11.6 Å². The third kappa shape index (κ3) is 6.43. The highest BCUT2D eigenvalue weighted by Gasteiger charge is 2.32. The lowest BCUT2D eigenvalue weighted by Crippen LogP contribution is -2.07. The predicted molar refractivity (Wildman–Crippen MR) is 254 cm³/mol. The van der Waals surface area contributed by atoms with Crippen molar-refractivity contribution in [2.45, 2.75) is 47.7 Å². The van der Waals surface area contributed by atoms with Crippen molar-refractivity contribution in [3.63, 3.8) is 0 Å². The van der Waals surface area contributed by atoms with Crippen molar-refractivity contribution in [2.75, 3.05) is 0 Å². The van der Waals surface area contributed by atoms with Gasteiger partial charge < -0.3 is 9.13 Å². The maximum atomic E-state index is 14.5. The Kier molecular flexibility index (Phi) is 9.36. The Labute approximate surface area is 369 Å². The first-order chi connectivity index (χ1) is 30.7. The zero-order valence-corrected chi connectivity index (χ0v) is 36.2. The molecule has 0 aliphatic heterocycles. The highest BCUT2D eigenvalue weighted by atomic mass is 19.4. The van der Waals surface area contributed by atoms with E-state index in [1.54, 1.807) is 12.1 Å². The van der Waals surface area contributed by atoms with Crippen LogP contribution >= 0.6 is 0 Å². The molecule has 310 valence electrons. The zero-order valence-electron chi connectivity index (χ0n) is 36.2. The molecular formula is C57H41F3N4. The molecular weight excluding hydrogens is 798 g/mol. The SMILES string of the molecule is Cc1cc(C)c(-c2ccc3c(c2)c2ccccc2n3-c2cc(-c3cc(C#N)cc(C(F)(F)F)c3)cc(-n3c4ccccc4c4cc(-c5c(C)cc(C)cc5C)ccc43)c2C#N)c(C)c1. The minimum atomic E-state index is -4.70. The van der Waals surface area contributed by atoms with E-state index in [-0.39, 0.29) is 11.1 Å². The summed E-state index contributed by atoms with van der Waals surface area (Å²) in [5.41, 5.74) is 15.8. The van der Waals surface area contributed by atoms with Crippen LogP contribution in [-0.4, -0.2) is 9.13 Å². The fraction of sp³-hybridized carbons (Fsp3) is 0.123. The van der Waals surface area contributed by atoms with Gasteiger partial charge in [0.05, 0.1) is 50.6 Å². The van der Waals surface area contributed by atoms with Gasteiger partial charge in [-0.05, 0) is 164 Å². The second-order valence-corrected chi connectivity index (χ2v) is 17.1. The Hall–Kier alpha value is -7.87. The van der Waals surface area contributed by atoms with Crippen LogP contribution in [0.1, 0.15) is 50.1 Å². The molecule has 0 aliphatic carbocycles. The number of nitriles is 2. The van der Waals surface area contributed by atoms with Gasteiger partial charge >= 0.3 is 6.18 Å². The lowest BCUT2D eigenvalue weighted by Gasteiger charge is -2.19. The van der Waals surface area contributed by atoms with E-state index >= 15 is 0 Å². The molecule has 64 heavy (non-hydrogen) atoms. The summed E-state index contributed by atoms with van der Waals surface area (Å²) < 4.78 is 47.6. The van der Waals surface area contributed by atoms with Crippen molar-refractivity contribution >= 4 is 43.6 Å². The highest BCUT2D eigenvalue weighted by molar-refractivity contribution is 6.12. The maximum absolute atomic E-state index is 14.5. The van der Waals surface area contributed by atoms with E-state index in [2.05, 4.69) is 130 Å². The number of halogens is 3. The van der Waals surface area contributed by atoms with Crippen LogP contribution in [0.15, 0.2) is 140 Å². The molecule has 2 aromatic heterocycles. The molecule has 0 atom stereocenters. The Morgan fingerprint density at radius 3 is 1.27 bits per heavy atom. The van der Waals surface area contributed by atoms with E-state index in [9.17, 15) is 23.7 Å². The summed E-state index contributed by atoms with van der Waals surface area (Å²) in [6, 6.07) is 49.1. The van der Waals surface area contributed by atoms with Crippen molar-refractivity contribution < 1.29 is 13.2 Å². The Morgan fingerprint density at radius 1 is 0.422 bits per heavy atom. The normalized spacial score (nSPS) is 11.8. The molecule has 0 saturated carbocycles. The first-order valence-electron chi connectivity index (χ1n) is 21.2. The van der Waals surface area contributed by atoms with Crippen LogP contribution in [0, 0.1) is 64.2 Å². The van der Waals surface area contributed by atoms with Crippen LogP contribution < -0.4 is 0 Å². The van der Waals surface area contributed by atoms with Crippen molar-refractivity contribution in [3.8, 4) is 56.9 Å². The second kappa shape index (κ2) is 14.9. The van der Waals surface area contributed by atoms with Crippen molar-refractivity contribution in [1.29, 1.82) is 10.5 Å². The number of fused-ring (bicyclic) bond motifs is 6. The number of aromatic nitrogens is 2. The Bertz CT molecular complexity index is 3450. The van der Waals surface area contributed by atoms with Gasteiger partial charge in [-0.3, -0.25) is 0 Å². The van der Waals surface area contributed by atoms with Crippen molar-refractivity contribution in [3.05, 3.63) is 190 Å². The summed E-state index contributed by atoms with van der Waals surface area (Å²) in [7, 11) is 0.